The Labute approximate surface area is 125 Å². The van der Waals surface area contributed by atoms with Crippen molar-refractivity contribution in [3.05, 3.63) is 30.3 Å². The van der Waals surface area contributed by atoms with Crippen molar-refractivity contribution >= 4 is 15.9 Å². The largest absolute Gasteiger partial charge is 0.340 e. The number of hydrogen-bond acceptors (Lipinski definition) is 3. The molecule has 1 saturated carbocycles. The minimum absolute atomic E-state index is 0.169. The average molecular weight is 308 g/mol. The van der Waals surface area contributed by atoms with E-state index in [9.17, 15) is 13.2 Å². The van der Waals surface area contributed by atoms with Crippen LogP contribution in [0.15, 0.2) is 35.2 Å². The predicted octanol–water partition coefficient (Wildman–Crippen LogP) is 1.18. The second-order valence-corrected chi connectivity index (χ2v) is 7.80. The van der Waals surface area contributed by atoms with Crippen LogP contribution in [0.1, 0.15) is 13.3 Å². The van der Waals surface area contributed by atoms with Gasteiger partial charge in [0, 0.05) is 32.1 Å². The van der Waals surface area contributed by atoms with Gasteiger partial charge < -0.3 is 4.90 Å². The van der Waals surface area contributed by atoms with E-state index in [-0.39, 0.29) is 11.8 Å². The van der Waals surface area contributed by atoms with Crippen molar-refractivity contribution in [1.82, 2.24) is 9.21 Å². The first-order valence-corrected chi connectivity index (χ1v) is 8.78. The molecule has 3 rings (SSSR count). The van der Waals surface area contributed by atoms with Gasteiger partial charge in [0.05, 0.1) is 4.90 Å². The van der Waals surface area contributed by atoms with Gasteiger partial charge in [-0.2, -0.15) is 4.31 Å². The lowest BCUT2D eigenvalue weighted by atomic mass is 10.2. The third-order valence-corrected chi connectivity index (χ3v) is 6.27. The van der Waals surface area contributed by atoms with Gasteiger partial charge in [-0.1, -0.05) is 25.1 Å². The number of carbonyl (C=O) groups is 1. The molecule has 5 nitrogen and oxygen atoms in total. The fraction of sp³-hybridized carbons (Fsp3) is 0.533. The first-order valence-electron chi connectivity index (χ1n) is 7.34. The zero-order valence-electron chi connectivity index (χ0n) is 12.1. The molecule has 1 aliphatic heterocycles. The number of nitrogens with zero attached hydrogens (tertiary/aromatic N) is 2. The van der Waals surface area contributed by atoms with Crippen LogP contribution in [0.5, 0.6) is 0 Å². The second-order valence-electron chi connectivity index (χ2n) is 5.86. The van der Waals surface area contributed by atoms with Crippen molar-refractivity contribution in [2.24, 2.45) is 11.8 Å². The number of hydrogen-bond donors (Lipinski definition) is 0. The molecule has 0 radical (unpaired) electrons. The summed E-state index contributed by atoms with van der Waals surface area (Å²) in [5, 5.41) is 0. The Balaban J connectivity index is 1.64. The van der Waals surface area contributed by atoms with Gasteiger partial charge in [0.25, 0.3) is 0 Å². The molecule has 1 aromatic rings. The van der Waals surface area contributed by atoms with E-state index in [2.05, 4.69) is 6.92 Å². The van der Waals surface area contributed by atoms with Crippen molar-refractivity contribution in [1.29, 1.82) is 0 Å². The summed E-state index contributed by atoms with van der Waals surface area (Å²) in [4.78, 5) is 14.3. The Morgan fingerprint density at radius 2 is 1.67 bits per heavy atom. The van der Waals surface area contributed by atoms with Gasteiger partial charge in [-0.3, -0.25) is 4.79 Å². The molecule has 0 unspecified atom stereocenters. The van der Waals surface area contributed by atoms with Crippen molar-refractivity contribution in [2.75, 3.05) is 26.2 Å². The molecule has 1 aromatic carbocycles. The van der Waals surface area contributed by atoms with Crippen molar-refractivity contribution in [2.45, 2.75) is 18.2 Å². The van der Waals surface area contributed by atoms with Crippen LogP contribution < -0.4 is 0 Å². The van der Waals surface area contributed by atoms with E-state index in [1.54, 1.807) is 30.3 Å². The Morgan fingerprint density at radius 1 is 1.10 bits per heavy atom. The van der Waals surface area contributed by atoms with Crippen LogP contribution in [-0.2, 0) is 14.8 Å². The predicted molar refractivity (Wildman–Crippen MR) is 79.1 cm³/mol. The fourth-order valence-corrected chi connectivity index (χ4v) is 4.23. The molecule has 6 heteroatoms. The van der Waals surface area contributed by atoms with E-state index in [1.807, 2.05) is 4.90 Å². The van der Waals surface area contributed by atoms with Crippen molar-refractivity contribution in [3.8, 4) is 0 Å². The van der Waals surface area contributed by atoms with Crippen LogP contribution in [0.25, 0.3) is 0 Å². The summed E-state index contributed by atoms with van der Waals surface area (Å²) in [6, 6.07) is 8.46. The maximum atomic E-state index is 12.5. The van der Waals surface area contributed by atoms with Crippen LogP contribution >= 0.6 is 0 Å². The molecule has 21 heavy (non-hydrogen) atoms. The highest BCUT2D eigenvalue weighted by Gasteiger charge is 2.42. The SMILES string of the molecule is C[C@H]1C[C@@H]1C(=O)N1CCN(S(=O)(=O)c2ccccc2)CC1. The molecule has 2 fully saturated rings. The van der Waals surface area contributed by atoms with Gasteiger partial charge in [0.1, 0.15) is 0 Å². The molecule has 1 heterocycles. The molecule has 114 valence electrons. The maximum absolute atomic E-state index is 12.5. The fourth-order valence-electron chi connectivity index (χ4n) is 2.79. The summed E-state index contributed by atoms with van der Waals surface area (Å²) in [7, 11) is -3.43. The topological polar surface area (TPSA) is 57.7 Å². The summed E-state index contributed by atoms with van der Waals surface area (Å²) in [6.45, 7) is 3.83. The van der Waals surface area contributed by atoms with Crippen LogP contribution in [0, 0.1) is 11.8 Å². The van der Waals surface area contributed by atoms with Crippen LogP contribution in [-0.4, -0.2) is 49.7 Å². The first-order chi connectivity index (χ1) is 10.00. The minimum Gasteiger partial charge on any atom is -0.340 e. The summed E-state index contributed by atoms with van der Waals surface area (Å²) in [6.07, 6.45) is 0.974. The quantitative estimate of drug-likeness (QED) is 0.842. The lowest BCUT2D eigenvalue weighted by Gasteiger charge is -2.34. The van der Waals surface area contributed by atoms with Crippen LogP contribution in [0.3, 0.4) is 0 Å². The minimum atomic E-state index is -3.43. The number of sulfonamides is 1. The molecule has 0 N–H and O–H groups in total. The van der Waals surface area contributed by atoms with Crippen LogP contribution in [0.4, 0.5) is 0 Å². The van der Waals surface area contributed by atoms with Gasteiger partial charge in [0.2, 0.25) is 15.9 Å². The molecule has 0 spiro atoms. The molecule has 1 aliphatic carbocycles. The molecular formula is C15H20N2O3S. The third kappa shape index (κ3) is 2.82. The summed E-state index contributed by atoms with van der Waals surface area (Å²) in [5.74, 6) is 0.852. The molecule has 1 saturated heterocycles. The summed E-state index contributed by atoms with van der Waals surface area (Å²) < 4.78 is 26.4. The van der Waals surface area contributed by atoms with Gasteiger partial charge >= 0.3 is 0 Å². The van der Waals surface area contributed by atoms with Gasteiger partial charge in [0.15, 0.2) is 0 Å². The van der Waals surface area contributed by atoms with E-state index in [0.29, 0.717) is 37.0 Å². The number of rotatable bonds is 3. The average Bonchev–Trinajstić information content (AvgIpc) is 3.24. The number of piperazine rings is 1. The van der Waals surface area contributed by atoms with E-state index >= 15 is 0 Å². The van der Waals surface area contributed by atoms with Gasteiger partial charge in [-0.25, -0.2) is 8.42 Å². The molecule has 0 aromatic heterocycles. The highest BCUT2D eigenvalue weighted by atomic mass is 32.2. The number of amides is 1. The van der Waals surface area contributed by atoms with Gasteiger partial charge in [-0.05, 0) is 24.5 Å². The zero-order valence-corrected chi connectivity index (χ0v) is 12.9. The molecule has 2 aliphatic rings. The van der Waals surface area contributed by atoms with Crippen LogP contribution in [0.2, 0.25) is 0 Å². The van der Waals surface area contributed by atoms with Gasteiger partial charge in [-0.15, -0.1) is 0 Å². The second kappa shape index (κ2) is 5.42. The van der Waals surface area contributed by atoms with E-state index in [0.717, 1.165) is 6.42 Å². The van der Waals surface area contributed by atoms with E-state index in [1.165, 1.54) is 4.31 Å². The lowest BCUT2D eigenvalue weighted by molar-refractivity contribution is -0.134. The standard InChI is InChI=1S/C15H20N2O3S/c1-12-11-14(12)15(18)16-7-9-17(10-8-16)21(19,20)13-5-3-2-4-6-13/h2-6,12,14H,7-11H2,1H3/t12-,14-/m0/s1. The molecule has 0 bridgehead atoms. The smallest absolute Gasteiger partial charge is 0.243 e. The highest BCUT2D eigenvalue weighted by Crippen LogP contribution is 2.39. The Bertz CT molecular complexity index is 622. The molecular weight excluding hydrogens is 288 g/mol. The Kier molecular flexibility index (Phi) is 3.75. The maximum Gasteiger partial charge on any atom is 0.243 e. The summed E-state index contributed by atoms with van der Waals surface area (Å²) >= 11 is 0. The van der Waals surface area contributed by atoms with E-state index in [4.69, 9.17) is 0 Å². The summed E-state index contributed by atoms with van der Waals surface area (Å²) in [5.41, 5.74) is 0. The number of benzene rings is 1. The zero-order chi connectivity index (χ0) is 15.0. The van der Waals surface area contributed by atoms with Crippen molar-refractivity contribution < 1.29 is 13.2 Å². The lowest BCUT2D eigenvalue weighted by Crippen LogP contribution is -2.51. The number of carbonyl (C=O) groups excluding carboxylic acids is 1. The normalized spacial score (nSPS) is 26.6. The highest BCUT2D eigenvalue weighted by molar-refractivity contribution is 7.89. The molecule has 1 amide bonds. The molecule has 2 atom stereocenters. The Hall–Kier alpha value is -1.40. The van der Waals surface area contributed by atoms with E-state index < -0.39 is 10.0 Å². The Morgan fingerprint density at radius 3 is 2.19 bits per heavy atom. The first kappa shape index (κ1) is 14.5. The third-order valence-electron chi connectivity index (χ3n) is 4.36. The van der Waals surface area contributed by atoms with Crippen molar-refractivity contribution in [3.63, 3.8) is 0 Å². The monoisotopic (exact) mass is 308 g/mol.